The highest BCUT2D eigenvalue weighted by Gasteiger charge is 2.29. The van der Waals surface area contributed by atoms with E-state index in [0.29, 0.717) is 19.1 Å². The van der Waals surface area contributed by atoms with Crippen molar-refractivity contribution in [3.8, 4) is 0 Å². The SMILES string of the molecule is CN1CCCC(N2CCN(CC(=O)N3CCN(CC(=O)NC(C)(C)C)CC3)CC2)C1. The van der Waals surface area contributed by atoms with E-state index in [9.17, 15) is 9.59 Å². The number of hydrogen-bond donors (Lipinski definition) is 1. The first-order chi connectivity index (χ1) is 14.2. The predicted octanol–water partition coefficient (Wildman–Crippen LogP) is -0.243. The Hall–Kier alpha value is -1.22. The largest absolute Gasteiger partial charge is 0.350 e. The van der Waals surface area contributed by atoms with Crippen LogP contribution >= 0.6 is 0 Å². The molecule has 3 heterocycles. The summed E-state index contributed by atoms with van der Waals surface area (Å²) in [6, 6.07) is 0.685. The maximum atomic E-state index is 12.8. The molecular formula is C22H42N6O2. The molecule has 3 fully saturated rings. The third-order valence-corrected chi connectivity index (χ3v) is 6.49. The normalized spacial score (nSPS) is 26.0. The van der Waals surface area contributed by atoms with E-state index in [0.717, 1.165) is 52.4 Å². The number of hydrogen-bond acceptors (Lipinski definition) is 6. The van der Waals surface area contributed by atoms with Crippen LogP contribution in [0, 0.1) is 0 Å². The van der Waals surface area contributed by atoms with Crippen LogP contribution in [0.4, 0.5) is 0 Å². The van der Waals surface area contributed by atoms with Crippen molar-refractivity contribution in [1.82, 2.24) is 29.8 Å². The number of piperazine rings is 2. The second-order valence-corrected chi connectivity index (χ2v) is 10.3. The molecule has 8 heteroatoms. The maximum absolute atomic E-state index is 12.8. The Balaban J connectivity index is 1.34. The van der Waals surface area contributed by atoms with Crippen molar-refractivity contribution in [1.29, 1.82) is 0 Å². The van der Waals surface area contributed by atoms with E-state index in [4.69, 9.17) is 0 Å². The van der Waals surface area contributed by atoms with Crippen LogP contribution in [-0.2, 0) is 9.59 Å². The van der Waals surface area contributed by atoms with Crippen LogP contribution in [0.5, 0.6) is 0 Å². The maximum Gasteiger partial charge on any atom is 0.236 e. The highest BCUT2D eigenvalue weighted by Crippen LogP contribution is 2.17. The number of amides is 2. The molecule has 0 aromatic carbocycles. The van der Waals surface area contributed by atoms with Crippen LogP contribution in [0.1, 0.15) is 33.6 Å². The predicted molar refractivity (Wildman–Crippen MR) is 119 cm³/mol. The van der Waals surface area contributed by atoms with Crippen LogP contribution < -0.4 is 5.32 Å². The molecule has 1 atom stereocenters. The molecule has 1 unspecified atom stereocenters. The van der Waals surface area contributed by atoms with Gasteiger partial charge in [-0.25, -0.2) is 0 Å². The topological polar surface area (TPSA) is 62.4 Å². The molecule has 30 heavy (non-hydrogen) atoms. The number of nitrogens with zero attached hydrogens (tertiary/aromatic N) is 5. The van der Waals surface area contributed by atoms with E-state index < -0.39 is 0 Å². The number of likely N-dealkylation sites (N-methyl/N-ethyl adjacent to an activating group) is 1. The monoisotopic (exact) mass is 422 g/mol. The van der Waals surface area contributed by atoms with Gasteiger partial charge in [0.1, 0.15) is 0 Å². The summed E-state index contributed by atoms with van der Waals surface area (Å²) in [5.74, 6) is 0.295. The number of carbonyl (C=O) groups excluding carboxylic acids is 2. The van der Waals surface area contributed by atoms with Crippen LogP contribution in [-0.4, -0.2) is 133 Å². The van der Waals surface area contributed by atoms with Gasteiger partial charge in [-0.2, -0.15) is 0 Å². The van der Waals surface area contributed by atoms with E-state index in [1.807, 2.05) is 25.7 Å². The average Bonchev–Trinajstić information content (AvgIpc) is 2.67. The first-order valence-electron chi connectivity index (χ1n) is 11.7. The van der Waals surface area contributed by atoms with Gasteiger partial charge in [0.05, 0.1) is 13.1 Å². The van der Waals surface area contributed by atoms with Gasteiger partial charge in [-0.1, -0.05) is 0 Å². The molecule has 0 aromatic heterocycles. The van der Waals surface area contributed by atoms with Gasteiger partial charge >= 0.3 is 0 Å². The van der Waals surface area contributed by atoms with Crippen LogP contribution in [0.15, 0.2) is 0 Å². The minimum Gasteiger partial charge on any atom is -0.350 e. The van der Waals surface area contributed by atoms with Crippen molar-refractivity contribution < 1.29 is 9.59 Å². The van der Waals surface area contributed by atoms with Gasteiger partial charge in [0.15, 0.2) is 0 Å². The van der Waals surface area contributed by atoms with Gasteiger partial charge in [0, 0.05) is 70.5 Å². The first-order valence-corrected chi connectivity index (χ1v) is 11.7. The Morgan fingerprint density at radius 2 is 1.47 bits per heavy atom. The zero-order valence-corrected chi connectivity index (χ0v) is 19.5. The molecule has 3 aliphatic heterocycles. The molecule has 3 saturated heterocycles. The van der Waals surface area contributed by atoms with Gasteiger partial charge in [-0.3, -0.25) is 24.3 Å². The molecule has 0 radical (unpaired) electrons. The molecule has 0 aromatic rings. The Labute approximate surface area is 182 Å². The third kappa shape index (κ3) is 7.18. The standard InChI is InChI=1S/C22H42N6O2/c1-22(2,3)23-20(29)17-25-10-14-28(15-11-25)21(30)18-26-8-12-27(13-9-26)19-6-5-7-24(4)16-19/h19H,5-18H2,1-4H3,(H,23,29). The summed E-state index contributed by atoms with van der Waals surface area (Å²) in [5.41, 5.74) is -0.203. The van der Waals surface area contributed by atoms with Gasteiger partial charge in [-0.15, -0.1) is 0 Å². The number of likely N-dealkylation sites (tertiary alicyclic amines) is 1. The van der Waals surface area contributed by atoms with Crippen LogP contribution in [0.25, 0.3) is 0 Å². The summed E-state index contributed by atoms with van der Waals surface area (Å²) >= 11 is 0. The lowest BCUT2D eigenvalue weighted by atomic mass is 10.0. The van der Waals surface area contributed by atoms with Crippen molar-refractivity contribution in [3.05, 3.63) is 0 Å². The fourth-order valence-electron chi connectivity index (χ4n) is 4.83. The van der Waals surface area contributed by atoms with E-state index in [2.05, 4.69) is 32.0 Å². The quantitative estimate of drug-likeness (QED) is 0.660. The van der Waals surface area contributed by atoms with Crippen LogP contribution in [0.3, 0.4) is 0 Å². The van der Waals surface area contributed by atoms with Gasteiger partial charge in [-0.05, 0) is 47.2 Å². The lowest BCUT2D eigenvalue weighted by Crippen LogP contribution is -2.57. The lowest BCUT2D eigenvalue weighted by Gasteiger charge is -2.43. The highest BCUT2D eigenvalue weighted by molar-refractivity contribution is 5.79. The van der Waals surface area contributed by atoms with Crippen molar-refractivity contribution in [2.75, 3.05) is 85.6 Å². The summed E-state index contributed by atoms with van der Waals surface area (Å²) in [6.07, 6.45) is 2.60. The zero-order chi connectivity index (χ0) is 21.7. The highest BCUT2D eigenvalue weighted by atomic mass is 16.2. The Morgan fingerprint density at radius 1 is 0.867 bits per heavy atom. The first kappa shape index (κ1) is 23.4. The van der Waals surface area contributed by atoms with Crippen molar-refractivity contribution in [2.24, 2.45) is 0 Å². The number of nitrogens with one attached hydrogen (secondary N) is 1. The molecule has 172 valence electrons. The fourth-order valence-corrected chi connectivity index (χ4v) is 4.83. The average molecular weight is 423 g/mol. The molecule has 0 bridgehead atoms. The smallest absolute Gasteiger partial charge is 0.236 e. The Bertz CT molecular complexity index is 577. The molecule has 3 rings (SSSR count). The molecule has 2 amide bonds. The molecule has 3 aliphatic rings. The van der Waals surface area contributed by atoms with Crippen molar-refractivity contribution >= 4 is 11.8 Å². The zero-order valence-electron chi connectivity index (χ0n) is 19.5. The molecule has 8 nitrogen and oxygen atoms in total. The lowest BCUT2D eigenvalue weighted by molar-refractivity contribution is -0.135. The summed E-state index contributed by atoms with van der Waals surface area (Å²) in [6.45, 7) is 16.4. The third-order valence-electron chi connectivity index (χ3n) is 6.49. The summed E-state index contributed by atoms with van der Waals surface area (Å²) < 4.78 is 0. The minimum absolute atomic E-state index is 0.0595. The van der Waals surface area contributed by atoms with Crippen molar-refractivity contribution in [3.63, 3.8) is 0 Å². The van der Waals surface area contributed by atoms with Crippen molar-refractivity contribution in [2.45, 2.75) is 45.2 Å². The van der Waals surface area contributed by atoms with E-state index in [-0.39, 0.29) is 17.4 Å². The Kier molecular flexibility index (Phi) is 8.12. The summed E-state index contributed by atoms with van der Waals surface area (Å²) in [7, 11) is 2.22. The van der Waals surface area contributed by atoms with Crippen LogP contribution in [0.2, 0.25) is 0 Å². The van der Waals surface area contributed by atoms with Gasteiger partial charge < -0.3 is 15.1 Å². The fraction of sp³-hybridized carbons (Fsp3) is 0.909. The van der Waals surface area contributed by atoms with Gasteiger partial charge in [0.2, 0.25) is 11.8 Å². The second-order valence-electron chi connectivity index (χ2n) is 10.3. The van der Waals surface area contributed by atoms with E-state index in [1.54, 1.807) is 0 Å². The van der Waals surface area contributed by atoms with E-state index in [1.165, 1.54) is 25.9 Å². The second kappa shape index (κ2) is 10.4. The minimum atomic E-state index is -0.203. The number of carbonyl (C=O) groups is 2. The molecule has 0 spiro atoms. The Morgan fingerprint density at radius 3 is 2.07 bits per heavy atom. The molecular weight excluding hydrogens is 380 g/mol. The number of piperidine rings is 1. The molecule has 0 aliphatic carbocycles. The molecule has 0 saturated carbocycles. The number of rotatable bonds is 5. The molecule has 1 N–H and O–H groups in total. The van der Waals surface area contributed by atoms with Gasteiger partial charge in [0.25, 0.3) is 0 Å². The summed E-state index contributed by atoms with van der Waals surface area (Å²) in [5, 5.41) is 3.01. The summed E-state index contributed by atoms with van der Waals surface area (Å²) in [4.78, 5) is 36.4. The van der Waals surface area contributed by atoms with E-state index >= 15 is 0 Å².